The average Bonchev–Trinajstić information content (AvgIpc) is 2.95. The Balaban J connectivity index is 2.08. The zero-order valence-corrected chi connectivity index (χ0v) is 11.5. The van der Waals surface area contributed by atoms with Crippen molar-refractivity contribution in [2.75, 3.05) is 6.61 Å². The van der Waals surface area contributed by atoms with Crippen LogP contribution in [0.1, 0.15) is 29.0 Å². The summed E-state index contributed by atoms with van der Waals surface area (Å²) in [6.07, 6.45) is 0.402. The highest BCUT2D eigenvalue weighted by Crippen LogP contribution is 2.38. The normalized spacial score (nSPS) is 18.8. The predicted molar refractivity (Wildman–Crippen MR) is 78.5 cm³/mol. The summed E-state index contributed by atoms with van der Waals surface area (Å²) in [6, 6.07) is 19.9. The standard InChI is InChI=1S/C18H15NO2/c19-11-14-8-4-5-9-16(14)18(13-6-2-1-3-7-13)15-10-17(20)21-12-15/h1-9,15,18H,10,12H2. The molecule has 2 atom stereocenters. The second kappa shape index (κ2) is 5.80. The molecule has 1 aliphatic rings. The lowest BCUT2D eigenvalue weighted by molar-refractivity contribution is -0.137. The average molecular weight is 277 g/mol. The van der Waals surface area contributed by atoms with Crippen LogP contribution < -0.4 is 0 Å². The Morgan fingerprint density at radius 1 is 1.10 bits per heavy atom. The Morgan fingerprint density at radius 3 is 2.48 bits per heavy atom. The van der Waals surface area contributed by atoms with E-state index in [0.717, 1.165) is 11.1 Å². The number of hydrogen-bond acceptors (Lipinski definition) is 3. The number of rotatable bonds is 3. The summed E-state index contributed by atoms with van der Waals surface area (Å²) in [5, 5.41) is 9.36. The van der Waals surface area contributed by atoms with Gasteiger partial charge in [0.05, 0.1) is 24.7 Å². The Hall–Kier alpha value is -2.60. The van der Waals surface area contributed by atoms with Crippen molar-refractivity contribution < 1.29 is 9.53 Å². The minimum atomic E-state index is -0.157. The third-order valence-corrected chi connectivity index (χ3v) is 3.93. The Bertz CT molecular complexity index is 688. The second-order valence-electron chi connectivity index (χ2n) is 5.23. The number of carbonyl (C=O) groups excluding carboxylic acids is 1. The molecule has 2 aromatic rings. The number of esters is 1. The molecule has 3 nitrogen and oxygen atoms in total. The molecule has 1 saturated heterocycles. The summed E-state index contributed by atoms with van der Waals surface area (Å²) in [7, 11) is 0. The molecule has 0 spiro atoms. The van der Waals surface area contributed by atoms with Crippen molar-refractivity contribution in [2.45, 2.75) is 12.3 Å². The zero-order valence-electron chi connectivity index (χ0n) is 11.5. The topological polar surface area (TPSA) is 50.1 Å². The van der Waals surface area contributed by atoms with Crippen LogP contribution >= 0.6 is 0 Å². The molecule has 2 aromatic carbocycles. The molecule has 0 saturated carbocycles. The maximum atomic E-state index is 11.5. The molecular weight excluding hydrogens is 262 g/mol. The van der Waals surface area contributed by atoms with Crippen LogP contribution in [0, 0.1) is 17.2 Å². The van der Waals surface area contributed by atoms with Gasteiger partial charge in [0.15, 0.2) is 0 Å². The molecule has 0 amide bonds. The van der Waals surface area contributed by atoms with Gasteiger partial charge in [-0.05, 0) is 17.2 Å². The molecule has 0 bridgehead atoms. The van der Waals surface area contributed by atoms with Crippen LogP contribution in [-0.2, 0) is 9.53 Å². The smallest absolute Gasteiger partial charge is 0.306 e. The molecule has 0 aliphatic carbocycles. The van der Waals surface area contributed by atoms with E-state index in [9.17, 15) is 10.1 Å². The Morgan fingerprint density at radius 2 is 1.81 bits per heavy atom. The first-order valence-corrected chi connectivity index (χ1v) is 6.99. The maximum Gasteiger partial charge on any atom is 0.306 e. The van der Waals surface area contributed by atoms with Crippen LogP contribution in [-0.4, -0.2) is 12.6 Å². The molecule has 104 valence electrons. The third-order valence-electron chi connectivity index (χ3n) is 3.93. The highest BCUT2D eigenvalue weighted by atomic mass is 16.5. The monoisotopic (exact) mass is 277 g/mol. The van der Waals surface area contributed by atoms with Gasteiger partial charge in [-0.25, -0.2) is 0 Å². The highest BCUT2D eigenvalue weighted by Gasteiger charge is 2.34. The van der Waals surface area contributed by atoms with E-state index in [1.807, 2.05) is 54.6 Å². The van der Waals surface area contributed by atoms with E-state index >= 15 is 0 Å². The van der Waals surface area contributed by atoms with Crippen molar-refractivity contribution in [1.82, 2.24) is 0 Å². The number of ether oxygens (including phenoxy) is 1. The largest absolute Gasteiger partial charge is 0.465 e. The van der Waals surface area contributed by atoms with Crippen molar-refractivity contribution >= 4 is 5.97 Å². The summed E-state index contributed by atoms with van der Waals surface area (Å²) in [5.41, 5.74) is 2.74. The third kappa shape index (κ3) is 2.66. The van der Waals surface area contributed by atoms with Crippen LogP contribution in [0.4, 0.5) is 0 Å². The van der Waals surface area contributed by atoms with Crippen molar-refractivity contribution in [2.24, 2.45) is 5.92 Å². The number of carbonyl (C=O) groups is 1. The molecule has 0 radical (unpaired) electrons. The van der Waals surface area contributed by atoms with Crippen LogP contribution in [0.2, 0.25) is 0 Å². The van der Waals surface area contributed by atoms with E-state index in [-0.39, 0.29) is 17.8 Å². The molecule has 1 aliphatic heterocycles. The van der Waals surface area contributed by atoms with Gasteiger partial charge >= 0.3 is 5.97 Å². The first kappa shape index (κ1) is 13.4. The van der Waals surface area contributed by atoms with Gasteiger partial charge < -0.3 is 4.74 Å². The molecule has 1 heterocycles. The second-order valence-corrected chi connectivity index (χ2v) is 5.23. The van der Waals surface area contributed by atoms with E-state index in [4.69, 9.17) is 4.74 Å². The summed E-state index contributed by atoms with van der Waals surface area (Å²) in [4.78, 5) is 11.5. The van der Waals surface area contributed by atoms with Gasteiger partial charge in [0.2, 0.25) is 0 Å². The van der Waals surface area contributed by atoms with Crippen molar-refractivity contribution in [3.63, 3.8) is 0 Å². The summed E-state index contributed by atoms with van der Waals surface area (Å²) in [6.45, 7) is 0.415. The molecule has 3 heteroatoms. The van der Waals surface area contributed by atoms with Crippen LogP contribution in [0.5, 0.6) is 0 Å². The molecule has 3 rings (SSSR count). The highest BCUT2D eigenvalue weighted by molar-refractivity contribution is 5.72. The van der Waals surface area contributed by atoms with Gasteiger partial charge in [0, 0.05) is 11.8 Å². The molecule has 0 N–H and O–H groups in total. The van der Waals surface area contributed by atoms with E-state index in [2.05, 4.69) is 6.07 Å². The Kier molecular flexibility index (Phi) is 3.70. The molecule has 2 unspecified atom stereocenters. The lowest BCUT2D eigenvalue weighted by Crippen LogP contribution is -2.16. The Labute approximate surface area is 123 Å². The quantitative estimate of drug-likeness (QED) is 0.809. The van der Waals surface area contributed by atoms with Gasteiger partial charge in [-0.1, -0.05) is 48.5 Å². The summed E-state index contributed by atoms with van der Waals surface area (Å²) in [5.74, 6) is -0.0710. The number of nitriles is 1. The lowest BCUT2D eigenvalue weighted by Gasteiger charge is -2.23. The first-order chi connectivity index (χ1) is 10.3. The van der Waals surface area contributed by atoms with Crippen LogP contribution in [0.25, 0.3) is 0 Å². The minimum absolute atomic E-state index is 0.00787. The fourth-order valence-corrected chi connectivity index (χ4v) is 2.98. The summed E-state index contributed by atoms with van der Waals surface area (Å²) < 4.78 is 5.14. The van der Waals surface area contributed by atoms with Crippen LogP contribution in [0.3, 0.4) is 0 Å². The first-order valence-electron chi connectivity index (χ1n) is 6.99. The molecular formula is C18H15NO2. The van der Waals surface area contributed by atoms with Gasteiger partial charge in [-0.2, -0.15) is 5.26 Å². The van der Waals surface area contributed by atoms with Gasteiger partial charge in [0.1, 0.15) is 0 Å². The minimum Gasteiger partial charge on any atom is -0.465 e. The van der Waals surface area contributed by atoms with E-state index < -0.39 is 0 Å². The molecule has 0 aromatic heterocycles. The predicted octanol–water partition coefficient (Wildman–Crippen LogP) is 3.25. The number of cyclic esters (lactones) is 1. The van der Waals surface area contributed by atoms with E-state index in [1.165, 1.54) is 0 Å². The van der Waals surface area contributed by atoms with Gasteiger partial charge in [-0.3, -0.25) is 4.79 Å². The lowest BCUT2D eigenvalue weighted by atomic mass is 9.78. The SMILES string of the molecule is N#Cc1ccccc1C(c1ccccc1)C1COC(=O)C1. The van der Waals surface area contributed by atoms with Crippen molar-refractivity contribution in [3.8, 4) is 6.07 Å². The molecule has 21 heavy (non-hydrogen) atoms. The van der Waals surface area contributed by atoms with Gasteiger partial charge in [-0.15, -0.1) is 0 Å². The van der Waals surface area contributed by atoms with Crippen molar-refractivity contribution in [3.05, 3.63) is 71.3 Å². The maximum absolute atomic E-state index is 11.5. The number of nitrogens with zero attached hydrogens (tertiary/aromatic N) is 1. The van der Waals surface area contributed by atoms with E-state index in [0.29, 0.717) is 18.6 Å². The zero-order chi connectivity index (χ0) is 14.7. The molecule has 1 fully saturated rings. The summed E-state index contributed by atoms with van der Waals surface area (Å²) >= 11 is 0. The number of hydrogen-bond donors (Lipinski definition) is 0. The number of benzene rings is 2. The fourth-order valence-electron chi connectivity index (χ4n) is 2.98. The van der Waals surface area contributed by atoms with Gasteiger partial charge in [0.25, 0.3) is 0 Å². The van der Waals surface area contributed by atoms with Crippen molar-refractivity contribution in [1.29, 1.82) is 5.26 Å². The van der Waals surface area contributed by atoms with Crippen LogP contribution in [0.15, 0.2) is 54.6 Å². The fraction of sp³-hybridized carbons (Fsp3) is 0.222. The van der Waals surface area contributed by atoms with E-state index in [1.54, 1.807) is 0 Å².